The zero-order chi connectivity index (χ0) is 11.8. The molecule has 0 aliphatic heterocycles. The Labute approximate surface area is 96.9 Å². The minimum Gasteiger partial charge on any atom is -0.463 e. The molecule has 2 heteroatoms. The standard InChI is InChI=1S/C14H18O2/c1-3-16-14(15)7-5-4-6-13-10-8-12(2)9-11-13/h5,7-11H,3-4,6H2,1-2H3. The van der Waals surface area contributed by atoms with Crippen molar-refractivity contribution < 1.29 is 9.53 Å². The average Bonchev–Trinajstić information content (AvgIpc) is 2.27. The molecule has 0 saturated heterocycles. The molecule has 1 rings (SSSR count). The van der Waals surface area contributed by atoms with Crippen molar-refractivity contribution in [3.63, 3.8) is 0 Å². The summed E-state index contributed by atoms with van der Waals surface area (Å²) in [6.07, 6.45) is 5.17. The Balaban J connectivity index is 2.30. The maximum Gasteiger partial charge on any atom is 0.330 e. The zero-order valence-corrected chi connectivity index (χ0v) is 9.90. The van der Waals surface area contributed by atoms with Crippen LogP contribution in [-0.2, 0) is 16.0 Å². The molecular formula is C14H18O2. The third-order valence-electron chi connectivity index (χ3n) is 2.26. The second-order valence-corrected chi connectivity index (χ2v) is 3.68. The summed E-state index contributed by atoms with van der Waals surface area (Å²) in [5.41, 5.74) is 2.56. The van der Waals surface area contributed by atoms with E-state index >= 15 is 0 Å². The molecule has 0 aliphatic rings. The predicted octanol–water partition coefficient (Wildman–Crippen LogP) is 3.05. The van der Waals surface area contributed by atoms with Gasteiger partial charge in [-0.15, -0.1) is 0 Å². The van der Waals surface area contributed by atoms with Crippen molar-refractivity contribution in [3.8, 4) is 0 Å². The second-order valence-electron chi connectivity index (χ2n) is 3.68. The van der Waals surface area contributed by atoms with Gasteiger partial charge in [0.25, 0.3) is 0 Å². The summed E-state index contributed by atoms with van der Waals surface area (Å²) < 4.78 is 4.78. The molecule has 1 aromatic rings. The number of aryl methyl sites for hydroxylation is 2. The highest BCUT2D eigenvalue weighted by Crippen LogP contribution is 2.06. The van der Waals surface area contributed by atoms with Crippen LogP contribution in [-0.4, -0.2) is 12.6 Å². The van der Waals surface area contributed by atoms with Crippen LogP contribution in [0.5, 0.6) is 0 Å². The third-order valence-corrected chi connectivity index (χ3v) is 2.26. The molecule has 0 atom stereocenters. The summed E-state index contributed by atoms with van der Waals surface area (Å²) in [7, 11) is 0. The lowest BCUT2D eigenvalue weighted by atomic mass is 10.1. The molecule has 86 valence electrons. The molecule has 0 heterocycles. The SMILES string of the molecule is CCOC(=O)C=CCCc1ccc(C)cc1. The van der Waals surface area contributed by atoms with Crippen molar-refractivity contribution in [2.45, 2.75) is 26.7 Å². The van der Waals surface area contributed by atoms with Gasteiger partial charge in [-0.25, -0.2) is 4.79 Å². The second kappa shape index (κ2) is 6.83. The van der Waals surface area contributed by atoms with Gasteiger partial charge >= 0.3 is 5.97 Å². The number of hydrogen-bond donors (Lipinski definition) is 0. The van der Waals surface area contributed by atoms with E-state index < -0.39 is 0 Å². The quantitative estimate of drug-likeness (QED) is 0.561. The first-order valence-corrected chi connectivity index (χ1v) is 5.61. The van der Waals surface area contributed by atoms with Crippen LogP contribution in [0.2, 0.25) is 0 Å². The third kappa shape index (κ3) is 4.78. The molecule has 0 bridgehead atoms. The van der Waals surface area contributed by atoms with E-state index in [4.69, 9.17) is 4.74 Å². The zero-order valence-electron chi connectivity index (χ0n) is 9.90. The van der Waals surface area contributed by atoms with Crippen LogP contribution in [0.15, 0.2) is 36.4 Å². The summed E-state index contributed by atoms with van der Waals surface area (Å²) in [6, 6.07) is 8.44. The number of carbonyl (C=O) groups excluding carboxylic acids is 1. The Bertz CT molecular complexity index is 350. The van der Waals surface area contributed by atoms with Crippen molar-refractivity contribution in [3.05, 3.63) is 47.5 Å². The van der Waals surface area contributed by atoms with E-state index in [-0.39, 0.29) is 5.97 Å². The molecule has 0 saturated carbocycles. The topological polar surface area (TPSA) is 26.3 Å². The van der Waals surface area contributed by atoms with Gasteiger partial charge in [-0.2, -0.15) is 0 Å². The minimum atomic E-state index is -0.258. The molecule has 0 spiro atoms. The summed E-state index contributed by atoms with van der Waals surface area (Å²) in [5, 5.41) is 0. The largest absolute Gasteiger partial charge is 0.463 e. The van der Waals surface area contributed by atoms with Crippen LogP contribution >= 0.6 is 0 Å². The van der Waals surface area contributed by atoms with Gasteiger partial charge in [0.05, 0.1) is 6.61 Å². The molecule has 0 amide bonds. The van der Waals surface area contributed by atoms with E-state index in [9.17, 15) is 4.79 Å². The molecule has 0 unspecified atom stereocenters. The number of hydrogen-bond acceptors (Lipinski definition) is 2. The van der Waals surface area contributed by atoms with Gasteiger partial charge in [-0.3, -0.25) is 0 Å². The van der Waals surface area contributed by atoms with Crippen LogP contribution in [0.25, 0.3) is 0 Å². The molecule has 0 N–H and O–H groups in total. The highest BCUT2D eigenvalue weighted by atomic mass is 16.5. The normalized spacial score (nSPS) is 10.6. The Morgan fingerprint density at radius 1 is 1.31 bits per heavy atom. The van der Waals surface area contributed by atoms with Gasteiger partial charge in [-0.1, -0.05) is 35.9 Å². The lowest BCUT2D eigenvalue weighted by Crippen LogP contribution is -1.98. The fraction of sp³-hybridized carbons (Fsp3) is 0.357. The van der Waals surface area contributed by atoms with Gasteiger partial charge in [0, 0.05) is 6.08 Å². The highest BCUT2D eigenvalue weighted by Gasteiger charge is 1.93. The van der Waals surface area contributed by atoms with Crippen molar-refractivity contribution in [2.24, 2.45) is 0 Å². The number of carbonyl (C=O) groups is 1. The molecule has 1 aromatic carbocycles. The Morgan fingerprint density at radius 3 is 2.62 bits per heavy atom. The predicted molar refractivity (Wildman–Crippen MR) is 65.3 cm³/mol. The fourth-order valence-corrected chi connectivity index (χ4v) is 1.37. The molecule has 0 radical (unpaired) electrons. The van der Waals surface area contributed by atoms with E-state index in [1.807, 2.05) is 6.08 Å². The van der Waals surface area contributed by atoms with E-state index in [0.29, 0.717) is 6.61 Å². The number of benzene rings is 1. The van der Waals surface area contributed by atoms with Crippen molar-refractivity contribution in [1.82, 2.24) is 0 Å². The Morgan fingerprint density at radius 2 is 2.00 bits per heavy atom. The fourth-order valence-electron chi connectivity index (χ4n) is 1.37. The first-order valence-electron chi connectivity index (χ1n) is 5.61. The van der Waals surface area contributed by atoms with Crippen LogP contribution in [0.1, 0.15) is 24.5 Å². The first-order chi connectivity index (χ1) is 7.72. The Kier molecular flexibility index (Phi) is 5.34. The molecule has 0 fully saturated rings. The van der Waals surface area contributed by atoms with Crippen molar-refractivity contribution in [2.75, 3.05) is 6.61 Å². The maximum atomic E-state index is 11.0. The summed E-state index contributed by atoms with van der Waals surface area (Å²) in [5.74, 6) is -0.258. The van der Waals surface area contributed by atoms with E-state index in [0.717, 1.165) is 12.8 Å². The highest BCUT2D eigenvalue weighted by molar-refractivity contribution is 5.81. The number of ether oxygens (including phenoxy) is 1. The number of esters is 1. The lowest BCUT2D eigenvalue weighted by molar-refractivity contribution is -0.137. The minimum absolute atomic E-state index is 0.258. The van der Waals surface area contributed by atoms with Gasteiger partial charge in [-0.05, 0) is 32.3 Å². The van der Waals surface area contributed by atoms with Crippen molar-refractivity contribution >= 4 is 5.97 Å². The smallest absolute Gasteiger partial charge is 0.330 e. The number of rotatable bonds is 5. The molecule has 2 nitrogen and oxygen atoms in total. The average molecular weight is 218 g/mol. The first kappa shape index (κ1) is 12.5. The van der Waals surface area contributed by atoms with E-state index in [1.54, 1.807) is 6.92 Å². The van der Waals surface area contributed by atoms with Crippen LogP contribution in [0, 0.1) is 6.92 Å². The monoisotopic (exact) mass is 218 g/mol. The molecule has 0 aliphatic carbocycles. The Hall–Kier alpha value is -1.57. The van der Waals surface area contributed by atoms with Crippen molar-refractivity contribution in [1.29, 1.82) is 0 Å². The van der Waals surface area contributed by atoms with Gasteiger partial charge in [0.1, 0.15) is 0 Å². The summed E-state index contributed by atoms with van der Waals surface area (Å²) in [6.45, 7) is 4.31. The van der Waals surface area contributed by atoms with E-state index in [2.05, 4.69) is 31.2 Å². The van der Waals surface area contributed by atoms with Crippen LogP contribution in [0.3, 0.4) is 0 Å². The lowest BCUT2D eigenvalue weighted by Gasteiger charge is -1.99. The molecule has 16 heavy (non-hydrogen) atoms. The molecular weight excluding hydrogens is 200 g/mol. The van der Waals surface area contributed by atoms with Gasteiger partial charge in [0.2, 0.25) is 0 Å². The summed E-state index contributed by atoms with van der Waals surface area (Å²) >= 11 is 0. The summed E-state index contributed by atoms with van der Waals surface area (Å²) in [4.78, 5) is 11.0. The maximum absolute atomic E-state index is 11.0. The molecule has 0 aromatic heterocycles. The van der Waals surface area contributed by atoms with Crippen LogP contribution in [0.4, 0.5) is 0 Å². The van der Waals surface area contributed by atoms with Gasteiger partial charge in [0.15, 0.2) is 0 Å². The number of allylic oxidation sites excluding steroid dienone is 1. The van der Waals surface area contributed by atoms with E-state index in [1.165, 1.54) is 17.2 Å². The van der Waals surface area contributed by atoms with Crippen LogP contribution < -0.4 is 0 Å². The van der Waals surface area contributed by atoms with Gasteiger partial charge < -0.3 is 4.74 Å².